The number of hydrogen-bond acceptors (Lipinski definition) is 3. The molecule has 0 aliphatic carbocycles. The van der Waals surface area contributed by atoms with Gasteiger partial charge in [0.15, 0.2) is 0 Å². The molecule has 1 amide bonds. The van der Waals surface area contributed by atoms with Crippen molar-refractivity contribution in [2.45, 2.75) is 13.8 Å². The van der Waals surface area contributed by atoms with Crippen LogP contribution in [0, 0.1) is 23.2 Å². The van der Waals surface area contributed by atoms with Crippen LogP contribution in [-0.2, 0) is 4.79 Å². The summed E-state index contributed by atoms with van der Waals surface area (Å²) in [6, 6.07) is 7.07. The number of halogens is 1. The van der Waals surface area contributed by atoms with E-state index in [2.05, 4.69) is 21.2 Å². The van der Waals surface area contributed by atoms with Gasteiger partial charge in [-0.3, -0.25) is 4.79 Å². The van der Waals surface area contributed by atoms with E-state index in [1.54, 1.807) is 18.2 Å². The zero-order chi connectivity index (χ0) is 13.7. The van der Waals surface area contributed by atoms with Crippen molar-refractivity contribution < 1.29 is 4.79 Å². The fraction of sp³-hybridized carbons (Fsp3) is 0.385. The molecule has 0 heterocycles. The van der Waals surface area contributed by atoms with Crippen LogP contribution < -0.4 is 11.1 Å². The van der Waals surface area contributed by atoms with E-state index in [1.165, 1.54) is 0 Å². The van der Waals surface area contributed by atoms with Gasteiger partial charge in [0.05, 0.1) is 23.2 Å². The van der Waals surface area contributed by atoms with E-state index < -0.39 is 0 Å². The molecule has 1 aromatic carbocycles. The fourth-order valence-corrected chi connectivity index (χ4v) is 2.07. The Morgan fingerprint density at radius 3 is 2.67 bits per heavy atom. The van der Waals surface area contributed by atoms with Crippen LogP contribution in [0.1, 0.15) is 19.4 Å². The molecule has 96 valence electrons. The van der Waals surface area contributed by atoms with Crippen molar-refractivity contribution in [2.75, 3.05) is 11.9 Å². The zero-order valence-corrected chi connectivity index (χ0v) is 12.0. The number of anilines is 1. The maximum Gasteiger partial charge on any atom is 0.229 e. The molecule has 1 rings (SSSR count). The van der Waals surface area contributed by atoms with Gasteiger partial charge in [0.25, 0.3) is 0 Å². The minimum absolute atomic E-state index is 0.0992. The molecule has 1 aromatic rings. The van der Waals surface area contributed by atoms with E-state index in [0.29, 0.717) is 22.3 Å². The minimum Gasteiger partial charge on any atom is -0.330 e. The van der Waals surface area contributed by atoms with Gasteiger partial charge in [0.1, 0.15) is 0 Å². The lowest BCUT2D eigenvalue weighted by atomic mass is 9.95. The van der Waals surface area contributed by atoms with Crippen molar-refractivity contribution in [3.05, 3.63) is 28.2 Å². The van der Waals surface area contributed by atoms with Gasteiger partial charge in [-0.1, -0.05) is 13.8 Å². The second-order valence-electron chi connectivity index (χ2n) is 4.38. The average molecular weight is 310 g/mol. The highest BCUT2D eigenvalue weighted by atomic mass is 79.9. The Labute approximate surface area is 115 Å². The van der Waals surface area contributed by atoms with Crippen LogP contribution in [0.4, 0.5) is 5.69 Å². The van der Waals surface area contributed by atoms with Crippen molar-refractivity contribution in [3.8, 4) is 6.07 Å². The molecule has 18 heavy (non-hydrogen) atoms. The lowest BCUT2D eigenvalue weighted by molar-refractivity contribution is -0.120. The summed E-state index contributed by atoms with van der Waals surface area (Å²) in [5.41, 5.74) is 6.79. The third-order valence-corrected chi connectivity index (χ3v) is 3.41. The highest BCUT2D eigenvalue weighted by Crippen LogP contribution is 2.24. The summed E-state index contributed by atoms with van der Waals surface area (Å²) in [5.74, 6) is -0.127. The molecule has 0 fully saturated rings. The molecule has 1 unspecified atom stereocenters. The molecule has 0 aromatic heterocycles. The number of amides is 1. The molecule has 3 N–H and O–H groups in total. The van der Waals surface area contributed by atoms with Crippen LogP contribution in [0.3, 0.4) is 0 Å². The number of carbonyl (C=O) groups excluding carboxylic acids is 1. The number of hydrogen-bond donors (Lipinski definition) is 2. The Kier molecular flexibility index (Phi) is 5.32. The second-order valence-corrected chi connectivity index (χ2v) is 5.24. The predicted molar refractivity (Wildman–Crippen MR) is 74.9 cm³/mol. The fourth-order valence-electron chi connectivity index (χ4n) is 1.59. The standard InChI is InChI=1S/C13H16BrN3O/c1-8(2)10(7-16)13(18)17-12-4-3-9(6-15)5-11(12)14/h3-5,8,10H,7,16H2,1-2H3,(H,17,18). The van der Waals surface area contributed by atoms with E-state index >= 15 is 0 Å². The number of nitriles is 1. The van der Waals surface area contributed by atoms with Crippen molar-refractivity contribution >= 4 is 27.5 Å². The minimum atomic E-state index is -0.215. The third-order valence-electron chi connectivity index (χ3n) is 2.75. The molecule has 0 aliphatic heterocycles. The van der Waals surface area contributed by atoms with Gasteiger partial charge in [-0.15, -0.1) is 0 Å². The second kappa shape index (κ2) is 6.53. The van der Waals surface area contributed by atoms with Crippen molar-refractivity contribution in [3.63, 3.8) is 0 Å². The molecule has 1 atom stereocenters. The van der Waals surface area contributed by atoms with E-state index in [9.17, 15) is 4.79 Å². The number of rotatable bonds is 4. The topological polar surface area (TPSA) is 78.9 Å². The Balaban J connectivity index is 2.85. The van der Waals surface area contributed by atoms with Crippen molar-refractivity contribution in [1.82, 2.24) is 0 Å². The SMILES string of the molecule is CC(C)C(CN)C(=O)Nc1ccc(C#N)cc1Br. The first-order chi connectivity index (χ1) is 8.49. The number of benzene rings is 1. The predicted octanol–water partition coefficient (Wildman–Crippen LogP) is 2.49. The van der Waals surface area contributed by atoms with Gasteiger partial charge >= 0.3 is 0 Å². The summed E-state index contributed by atoms with van der Waals surface area (Å²) in [4.78, 5) is 12.0. The van der Waals surface area contributed by atoms with Crippen molar-refractivity contribution in [1.29, 1.82) is 5.26 Å². The van der Waals surface area contributed by atoms with E-state index in [1.807, 2.05) is 19.9 Å². The van der Waals surface area contributed by atoms with E-state index in [0.717, 1.165) is 0 Å². The quantitative estimate of drug-likeness (QED) is 0.896. The molecular formula is C13H16BrN3O. The maximum absolute atomic E-state index is 12.0. The summed E-state index contributed by atoms with van der Waals surface area (Å²) in [7, 11) is 0. The lowest BCUT2D eigenvalue weighted by Gasteiger charge is -2.18. The van der Waals surface area contributed by atoms with Gasteiger partial charge in [-0.05, 0) is 40.0 Å². The van der Waals surface area contributed by atoms with Gasteiger partial charge < -0.3 is 11.1 Å². The molecular weight excluding hydrogens is 294 g/mol. The Morgan fingerprint density at radius 2 is 2.22 bits per heavy atom. The average Bonchev–Trinajstić information content (AvgIpc) is 2.32. The Hall–Kier alpha value is -1.38. The van der Waals surface area contributed by atoms with Gasteiger partial charge in [0.2, 0.25) is 5.91 Å². The highest BCUT2D eigenvalue weighted by molar-refractivity contribution is 9.10. The Morgan fingerprint density at radius 1 is 1.56 bits per heavy atom. The van der Waals surface area contributed by atoms with Gasteiger partial charge in [-0.2, -0.15) is 5.26 Å². The van der Waals surface area contributed by atoms with E-state index in [-0.39, 0.29) is 17.7 Å². The lowest BCUT2D eigenvalue weighted by Crippen LogP contribution is -2.33. The highest BCUT2D eigenvalue weighted by Gasteiger charge is 2.21. The molecule has 0 saturated heterocycles. The molecule has 5 heteroatoms. The Bertz CT molecular complexity index is 480. The molecule has 0 radical (unpaired) electrons. The third kappa shape index (κ3) is 3.56. The van der Waals surface area contributed by atoms with E-state index in [4.69, 9.17) is 11.0 Å². The number of nitrogens with zero attached hydrogens (tertiary/aromatic N) is 1. The van der Waals surface area contributed by atoms with Gasteiger partial charge in [0, 0.05) is 11.0 Å². The first kappa shape index (κ1) is 14.7. The molecule has 0 bridgehead atoms. The largest absolute Gasteiger partial charge is 0.330 e. The normalized spacial score (nSPS) is 12.0. The summed E-state index contributed by atoms with van der Waals surface area (Å²) in [6.45, 7) is 4.24. The number of nitrogens with one attached hydrogen (secondary N) is 1. The first-order valence-corrected chi connectivity index (χ1v) is 6.49. The first-order valence-electron chi connectivity index (χ1n) is 5.70. The summed E-state index contributed by atoms with van der Waals surface area (Å²) < 4.78 is 0.689. The van der Waals surface area contributed by atoms with Crippen molar-refractivity contribution in [2.24, 2.45) is 17.6 Å². The summed E-state index contributed by atoms with van der Waals surface area (Å²) in [5, 5.41) is 11.6. The van der Waals surface area contributed by atoms with Crippen LogP contribution in [-0.4, -0.2) is 12.5 Å². The summed E-state index contributed by atoms with van der Waals surface area (Å²) >= 11 is 3.33. The van der Waals surface area contributed by atoms with Crippen LogP contribution in [0.25, 0.3) is 0 Å². The zero-order valence-electron chi connectivity index (χ0n) is 10.4. The monoisotopic (exact) mass is 309 g/mol. The molecule has 0 saturated carbocycles. The van der Waals surface area contributed by atoms with Crippen LogP contribution in [0.2, 0.25) is 0 Å². The molecule has 0 spiro atoms. The molecule has 4 nitrogen and oxygen atoms in total. The maximum atomic E-state index is 12.0. The van der Waals surface area contributed by atoms with Crippen LogP contribution in [0.5, 0.6) is 0 Å². The van der Waals surface area contributed by atoms with Crippen LogP contribution >= 0.6 is 15.9 Å². The number of carbonyl (C=O) groups is 1. The van der Waals surface area contributed by atoms with Crippen LogP contribution in [0.15, 0.2) is 22.7 Å². The smallest absolute Gasteiger partial charge is 0.229 e. The van der Waals surface area contributed by atoms with Gasteiger partial charge in [-0.25, -0.2) is 0 Å². The summed E-state index contributed by atoms with van der Waals surface area (Å²) in [6.07, 6.45) is 0. The number of nitrogens with two attached hydrogens (primary N) is 1. The molecule has 0 aliphatic rings.